The van der Waals surface area contributed by atoms with Crippen LogP contribution in [-0.2, 0) is 15.2 Å². The van der Waals surface area contributed by atoms with Gasteiger partial charge in [0.1, 0.15) is 5.60 Å². The number of rotatable bonds is 3. The van der Waals surface area contributed by atoms with E-state index < -0.39 is 29.9 Å². The first-order chi connectivity index (χ1) is 14.3. The van der Waals surface area contributed by atoms with E-state index in [9.17, 15) is 18.0 Å². The first-order valence-corrected chi connectivity index (χ1v) is 9.93. The third kappa shape index (κ3) is 5.25. The lowest BCUT2D eigenvalue weighted by molar-refractivity contribution is -0.275. The molecule has 0 aromatic heterocycles. The van der Waals surface area contributed by atoms with Crippen molar-refractivity contribution < 1.29 is 27.5 Å². The van der Waals surface area contributed by atoms with Gasteiger partial charge in [0.25, 0.3) is 5.60 Å². The smallest absolute Gasteiger partial charge is 0.435 e. The molecule has 2 aromatic carbocycles. The van der Waals surface area contributed by atoms with Crippen LogP contribution >= 0.6 is 23.2 Å². The van der Waals surface area contributed by atoms with E-state index in [4.69, 9.17) is 32.8 Å². The van der Waals surface area contributed by atoms with Crippen LogP contribution in [-0.4, -0.2) is 23.6 Å². The number of halogens is 5. The highest BCUT2D eigenvalue weighted by Crippen LogP contribution is 2.49. The summed E-state index contributed by atoms with van der Waals surface area (Å²) in [6.45, 7) is 5.14. The summed E-state index contributed by atoms with van der Waals surface area (Å²) < 4.78 is 47.5. The maximum absolute atomic E-state index is 14.1. The molecule has 10 heteroatoms. The van der Waals surface area contributed by atoms with Gasteiger partial charge in [-0.1, -0.05) is 40.5 Å². The van der Waals surface area contributed by atoms with Crippen LogP contribution in [0.1, 0.15) is 38.3 Å². The van der Waals surface area contributed by atoms with Crippen molar-refractivity contribution in [2.45, 2.75) is 44.6 Å². The maximum atomic E-state index is 14.1. The van der Waals surface area contributed by atoms with Crippen LogP contribution in [0, 0.1) is 0 Å². The van der Waals surface area contributed by atoms with Gasteiger partial charge < -0.3 is 9.57 Å². The van der Waals surface area contributed by atoms with Crippen molar-refractivity contribution in [3.05, 3.63) is 63.6 Å². The monoisotopic (exact) mass is 474 g/mol. The van der Waals surface area contributed by atoms with Crippen LogP contribution in [0.3, 0.4) is 0 Å². The quantitative estimate of drug-likeness (QED) is 0.524. The van der Waals surface area contributed by atoms with E-state index in [0.29, 0.717) is 11.3 Å². The predicted octanol–water partition coefficient (Wildman–Crippen LogP) is 6.92. The number of oxime groups is 1. The highest BCUT2D eigenvalue weighted by molar-refractivity contribution is 6.34. The Hall–Kier alpha value is -2.45. The molecule has 5 nitrogen and oxygen atoms in total. The first kappa shape index (κ1) is 23.2. The Labute approximate surface area is 187 Å². The highest BCUT2D eigenvalue weighted by atomic mass is 35.5. The van der Waals surface area contributed by atoms with Gasteiger partial charge in [0.2, 0.25) is 0 Å². The van der Waals surface area contributed by atoms with Crippen molar-refractivity contribution in [1.29, 1.82) is 0 Å². The Bertz CT molecular complexity index is 1020. The van der Waals surface area contributed by atoms with Crippen LogP contribution in [0.4, 0.5) is 23.7 Å². The van der Waals surface area contributed by atoms with Crippen LogP contribution < -0.4 is 5.32 Å². The van der Waals surface area contributed by atoms with Gasteiger partial charge in [-0.3, -0.25) is 5.32 Å². The third-order valence-corrected chi connectivity index (χ3v) is 4.79. The highest BCUT2D eigenvalue weighted by Gasteiger charge is 2.62. The fraction of sp³-hybridized carbons (Fsp3) is 0.333. The van der Waals surface area contributed by atoms with E-state index in [2.05, 4.69) is 10.5 Å². The zero-order valence-electron chi connectivity index (χ0n) is 16.8. The number of nitrogens with one attached hydrogen (secondary N) is 1. The zero-order valence-corrected chi connectivity index (χ0v) is 18.3. The molecule has 1 amide bonds. The number of anilines is 1. The van der Waals surface area contributed by atoms with E-state index in [1.165, 1.54) is 12.1 Å². The molecule has 0 spiro atoms. The molecule has 0 radical (unpaired) electrons. The largest absolute Gasteiger partial charge is 0.444 e. The number of hydrogen-bond acceptors (Lipinski definition) is 4. The number of benzene rings is 2. The standard InChI is InChI=1S/C21H19Cl2F3N2O3/c1-19(2,3)30-18(29)27-16-6-4-5-12(7-16)17-11-20(31-28-17,21(24,25)26)13-8-14(22)10-15(23)9-13/h4-10H,11H2,1-3H3,(H,27,29). The van der Waals surface area contributed by atoms with Crippen molar-refractivity contribution >= 4 is 40.7 Å². The molecular formula is C21H19Cl2F3N2O3. The Morgan fingerprint density at radius 3 is 2.35 bits per heavy atom. The summed E-state index contributed by atoms with van der Waals surface area (Å²) in [5, 5.41) is 6.35. The molecule has 0 bridgehead atoms. The summed E-state index contributed by atoms with van der Waals surface area (Å²) in [7, 11) is 0. The number of alkyl halides is 3. The van der Waals surface area contributed by atoms with Crippen molar-refractivity contribution in [3.8, 4) is 0 Å². The van der Waals surface area contributed by atoms with Gasteiger partial charge in [-0.05, 0) is 51.1 Å². The lowest BCUT2D eigenvalue weighted by atomic mass is 9.86. The van der Waals surface area contributed by atoms with Crippen LogP contribution in [0.5, 0.6) is 0 Å². The number of amides is 1. The minimum atomic E-state index is -4.79. The molecule has 166 valence electrons. The van der Waals surface area contributed by atoms with Crippen molar-refractivity contribution in [3.63, 3.8) is 0 Å². The summed E-state index contributed by atoms with van der Waals surface area (Å²) in [6, 6.07) is 9.86. The molecule has 31 heavy (non-hydrogen) atoms. The minimum Gasteiger partial charge on any atom is -0.444 e. The van der Waals surface area contributed by atoms with Gasteiger partial charge in [-0.25, -0.2) is 4.79 Å². The molecule has 1 N–H and O–H groups in total. The summed E-state index contributed by atoms with van der Waals surface area (Å²) >= 11 is 11.8. The fourth-order valence-electron chi connectivity index (χ4n) is 3.04. The van der Waals surface area contributed by atoms with Gasteiger partial charge in [0, 0.05) is 33.3 Å². The average Bonchev–Trinajstić information content (AvgIpc) is 3.06. The van der Waals surface area contributed by atoms with Crippen molar-refractivity contribution in [1.82, 2.24) is 0 Å². The summed E-state index contributed by atoms with van der Waals surface area (Å²) in [6.07, 6.45) is -6.07. The zero-order chi connectivity index (χ0) is 23.0. The summed E-state index contributed by atoms with van der Waals surface area (Å²) in [4.78, 5) is 17.0. The van der Waals surface area contributed by atoms with Gasteiger partial charge in [0.15, 0.2) is 0 Å². The topological polar surface area (TPSA) is 59.9 Å². The lowest BCUT2D eigenvalue weighted by Crippen LogP contribution is -2.42. The molecule has 0 saturated heterocycles. The number of hydrogen-bond donors (Lipinski definition) is 1. The van der Waals surface area contributed by atoms with E-state index in [1.54, 1.807) is 39.0 Å². The molecule has 0 aliphatic carbocycles. The Morgan fingerprint density at radius 2 is 1.77 bits per heavy atom. The molecule has 1 aliphatic heterocycles. The lowest BCUT2D eigenvalue weighted by Gasteiger charge is -2.29. The molecule has 1 unspecified atom stereocenters. The Morgan fingerprint density at radius 1 is 1.13 bits per heavy atom. The predicted molar refractivity (Wildman–Crippen MR) is 113 cm³/mol. The Balaban J connectivity index is 1.88. The van der Waals surface area contributed by atoms with E-state index in [1.807, 2.05) is 0 Å². The van der Waals surface area contributed by atoms with Gasteiger partial charge >= 0.3 is 12.3 Å². The first-order valence-electron chi connectivity index (χ1n) is 9.18. The van der Waals surface area contributed by atoms with E-state index >= 15 is 0 Å². The summed E-state index contributed by atoms with van der Waals surface area (Å²) in [5.41, 5.74) is -2.93. The SMILES string of the molecule is CC(C)(C)OC(=O)Nc1cccc(C2=NOC(c3cc(Cl)cc(Cl)c3)(C(F)(F)F)C2)c1. The molecule has 1 atom stereocenters. The normalized spacial score (nSPS) is 18.9. The Kier molecular flexibility index (Phi) is 6.17. The second-order valence-electron chi connectivity index (χ2n) is 8.00. The third-order valence-electron chi connectivity index (χ3n) is 4.36. The van der Waals surface area contributed by atoms with Gasteiger partial charge in [0.05, 0.1) is 5.71 Å². The molecule has 0 fully saturated rings. The second kappa shape index (κ2) is 8.24. The maximum Gasteiger partial charge on any atom is 0.435 e. The van der Waals surface area contributed by atoms with Gasteiger partial charge in [-0.2, -0.15) is 13.2 Å². The number of nitrogens with zero attached hydrogens (tertiary/aromatic N) is 1. The molecular weight excluding hydrogens is 456 g/mol. The number of carbonyl (C=O) groups is 1. The fourth-order valence-corrected chi connectivity index (χ4v) is 3.57. The van der Waals surface area contributed by atoms with Crippen LogP contribution in [0.2, 0.25) is 10.0 Å². The van der Waals surface area contributed by atoms with E-state index in [0.717, 1.165) is 12.1 Å². The van der Waals surface area contributed by atoms with Crippen LogP contribution in [0.15, 0.2) is 47.6 Å². The second-order valence-corrected chi connectivity index (χ2v) is 8.87. The molecule has 3 rings (SSSR count). The number of carbonyl (C=O) groups excluding carboxylic acids is 1. The number of ether oxygens (including phenoxy) is 1. The molecule has 1 heterocycles. The van der Waals surface area contributed by atoms with Crippen molar-refractivity contribution in [2.75, 3.05) is 5.32 Å². The molecule has 1 aliphatic rings. The summed E-state index contributed by atoms with van der Waals surface area (Å²) in [5.74, 6) is 0. The average molecular weight is 475 g/mol. The van der Waals surface area contributed by atoms with E-state index in [-0.39, 0.29) is 21.3 Å². The van der Waals surface area contributed by atoms with Gasteiger partial charge in [-0.15, -0.1) is 0 Å². The molecule has 2 aromatic rings. The minimum absolute atomic E-state index is 0.0479. The van der Waals surface area contributed by atoms with Crippen molar-refractivity contribution in [2.24, 2.45) is 5.16 Å². The van der Waals surface area contributed by atoms with Crippen LogP contribution in [0.25, 0.3) is 0 Å². The molecule has 0 saturated carbocycles.